The zero-order valence-electron chi connectivity index (χ0n) is 12.1. The Balaban J connectivity index is 3.12. The molecule has 0 heterocycles. The summed E-state index contributed by atoms with van der Waals surface area (Å²) in [6.45, 7) is 7.84. The van der Waals surface area contributed by atoms with Gasteiger partial charge in [-0.3, -0.25) is 4.90 Å². The minimum absolute atomic E-state index is 0.348. The number of amides is 1. The van der Waals surface area contributed by atoms with E-state index in [1.807, 2.05) is 45.9 Å². The van der Waals surface area contributed by atoms with Crippen molar-refractivity contribution >= 4 is 39.3 Å². The number of benzene rings is 1. The number of ether oxygens (including phenoxy) is 1. The molecule has 0 aliphatic rings. The maximum Gasteiger partial charge on any atom is 0.415 e. The summed E-state index contributed by atoms with van der Waals surface area (Å²) >= 11 is 9.09. The first kappa shape index (κ1) is 17.1. The zero-order valence-corrected chi connectivity index (χ0v) is 14.5. The first-order valence-electron chi connectivity index (χ1n) is 6.27. The Bertz CT molecular complexity index is 509. The van der Waals surface area contributed by atoms with Gasteiger partial charge in [0.25, 0.3) is 0 Å². The van der Waals surface area contributed by atoms with Crippen LogP contribution >= 0.6 is 27.5 Å². The molecule has 0 N–H and O–H groups in total. The Morgan fingerprint density at radius 1 is 1.45 bits per heavy atom. The zero-order chi connectivity index (χ0) is 15.3. The minimum atomic E-state index is -0.545. The highest BCUT2D eigenvalue weighted by atomic mass is 79.9. The fraction of sp³-hybridized carbons (Fsp3) is 0.400. The molecule has 0 aliphatic heterocycles. The van der Waals surface area contributed by atoms with Crippen LogP contribution in [0.5, 0.6) is 0 Å². The average molecular weight is 361 g/mol. The molecular weight excluding hydrogens is 342 g/mol. The predicted molar refractivity (Wildman–Crippen MR) is 87.5 cm³/mol. The van der Waals surface area contributed by atoms with Crippen LogP contribution in [0.1, 0.15) is 26.3 Å². The Hall–Kier alpha value is -1.00. The lowest BCUT2D eigenvalue weighted by atomic mass is 10.2. The SMILES string of the molecule is Cc1cccc(N(CC=CCl)C(=O)OC(C)(C)C)c1Br. The van der Waals surface area contributed by atoms with Crippen molar-refractivity contribution in [2.45, 2.75) is 33.3 Å². The normalized spacial score (nSPS) is 11.7. The summed E-state index contributed by atoms with van der Waals surface area (Å²) in [5.41, 5.74) is 2.65. The molecule has 0 saturated carbocycles. The summed E-state index contributed by atoms with van der Waals surface area (Å²) in [5, 5.41) is 0. The molecule has 0 radical (unpaired) electrons. The molecule has 1 rings (SSSR count). The van der Waals surface area contributed by atoms with Crippen molar-refractivity contribution in [2.75, 3.05) is 11.4 Å². The second-order valence-electron chi connectivity index (χ2n) is 5.36. The van der Waals surface area contributed by atoms with Crippen LogP contribution in [0.25, 0.3) is 0 Å². The van der Waals surface area contributed by atoms with Crippen molar-refractivity contribution < 1.29 is 9.53 Å². The van der Waals surface area contributed by atoms with Crippen LogP contribution in [-0.4, -0.2) is 18.2 Å². The lowest BCUT2D eigenvalue weighted by Gasteiger charge is -2.27. The smallest absolute Gasteiger partial charge is 0.415 e. The number of hydrogen-bond donors (Lipinski definition) is 0. The van der Waals surface area contributed by atoms with Gasteiger partial charge >= 0.3 is 6.09 Å². The van der Waals surface area contributed by atoms with E-state index in [0.717, 1.165) is 15.7 Å². The van der Waals surface area contributed by atoms with E-state index >= 15 is 0 Å². The molecular formula is C15H19BrClNO2. The molecule has 1 aromatic carbocycles. The highest BCUT2D eigenvalue weighted by Crippen LogP contribution is 2.30. The van der Waals surface area contributed by atoms with Gasteiger partial charge in [0, 0.05) is 16.6 Å². The van der Waals surface area contributed by atoms with Gasteiger partial charge in [-0.05, 0) is 55.3 Å². The maximum atomic E-state index is 12.3. The molecule has 0 spiro atoms. The van der Waals surface area contributed by atoms with Crippen LogP contribution in [0, 0.1) is 6.92 Å². The Morgan fingerprint density at radius 3 is 2.65 bits per heavy atom. The molecule has 110 valence electrons. The molecule has 0 aliphatic carbocycles. The summed E-state index contributed by atoms with van der Waals surface area (Å²) in [5.74, 6) is 0. The maximum absolute atomic E-state index is 12.3. The van der Waals surface area contributed by atoms with Crippen molar-refractivity contribution in [1.82, 2.24) is 0 Å². The quantitative estimate of drug-likeness (QED) is 0.736. The van der Waals surface area contributed by atoms with E-state index in [0.29, 0.717) is 6.54 Å². The molecule has 3 nitrogen and oxygen atoms in total. The fourth-order valence-corrected chi connectivity index (χ4v) is 2.13. The standard InChI is InChI=1S/C15H19BrClNO2/c1-11-7-5-8-12(13(11)16)18(10-6-9-17)14(19)20-15(2,3)4/h5-9H,10H2,1-4H3. The molecule has 1 aromatic rings. The third-order valence-electron chi connectivity index (χ3n) is 2.45. The number of carbonyl (C=O) groups is 1. The monoisotopic (exact) mass is 359 g/mol. The Morgan fingerprint density at radius 2 is 2.10 bits per heavy atom. The van der Waals surface area contributed by atoms with Crippen molar-refractivity contribution in [2.24, 2.45) is 0 Å². The number of aryl methyl sites for hydroxylation is 1. The molecule has 0 saturated heterocycles. The molecule has 5 heteroatoms. The molecule has 0 bridgehead atoms. The van der Waals surface area contributed by atoms with Gasteiger partial charge in [0.15, 0.2) is 0 Å². The van der Waals surface area contributed by atoms with Gasteiger partial charge in [-0.2, -0.15) is 0 Å². The lowest BCUT2D eigenvalue weighted by molar-refractivity contribution is 0.0584. The summed E-state index contributed by atoms with van der Waals surface area (Å²) in [7, 11) is 0. The number of nitrogens with zero attached hydrogens (tertiary/aromatic N) is 1. The molecule has 20 heavy (non-hydrogen) atoms. The van der Waals surface area contributed by atoms with Crippen LogP contribution in [0.3, 0.4) is 0 Å². The van der Waals surface area contributed by atoms with Crippen LogP contribution in [0.2, 0.25) is 0 Å². The van der Waals surface area contributed by atoms with Gasteiger partial charge in [-0.1, -0.05) is 29.8 Å². The fourth-order valence-electron chi connectivity index (χ4n) is 1.57. The molecule has 1 amide bonds. The molecule has 0 atom stereocenters. The van der Waals surface area contributed by atoms with Crippen molar-refractivity contribution in [3.63, 3.8) is 0 Å². The van der Waals surface area contributed by atoms with E-state index in [1.54, 1.807) is 11.0 Å². The number of hydrogen-bond acceptors (Lipinski definition) is 2. The largest absolute Gasteiger partial charge is 0.443 e. The van der Waals surface area contributed by atoms with E-state index in [1.165, 1.54) is 5.54 Å². The summed E-state index contributed by atoms with van der Waals surface area (Å²) in [6.07, 6.45) is 1.29. The van der Waals surface area contributed by atoms with E-state index in [-0.39, 0.29) is 0 Å². The van der Waals surface area contributed by atoms with E-state index in [4.69, 9.17) is 16.3 Å². The molecule has 0 aromatic heterocycles. The van der Waals surface area contributed by atoms with Crippen LogP contribution in [0.4, 0.5) is 10.5 Å². The van der Waals surface area contributed by atoms with Gasteiger partial charge in [0.1, 0.15) is 5.60 Å². The Labute approximate surface area is 133 Å². The summed E-state index contributed by atoms with van der Waals surface area (Å²) in [6, 6.07) is 5.73. The van der Waals surface area contributed by atoms with Gasteiger partial charge < -0.3 is 4.74 Å². The first-order chi connectivity index (χ1) is 9.26. The van der Waals surface area contributed by atoms with Crippen LogP contribution in [-0.2, 0) is 4.74 Å². The first-order valence-corrected chi connectivity index (χ1v) is 7.50. The van der Waals surface area contributed by atoms with Crippen molar-refractivity contribution in [1.29, 1.82) is 0 Å². The molecule has 0 fully saturated rings. The van der Waals surface area contributed by atoms with Crippen molar-refractivity contribution in [3.8, 4) is 0 Å². The third kappa shape index (κ3) is 4.84. The second-order valence-corrected chi connectivity index (χ2v) is 6.41. The Kier molecular flexibility index (Phi) is 6.08. The average Bonchev–Trinajstić information content (AvgIpc) is 2.32. The van der Waals surface area contributed by atoms with Gasteiger partial charge in [0.05, 0.1) is 5.69 Å². The number of carbonyl (C=O) groups excluding carboxylic acids is 1. The predicted octanol–water partition coefficient (Wildman–Crippen LogP) is 5.25. The van der Waals surface area contributed by atoms with Gasteiger partial charge in [-0.15, -0.1) is 0 Å². The topological polar surface area (TPSA) is 29.5 Å². The van der Waals surface area contributed by atoms with Gasteiger partial charge in [-0.25, -0.2) is 4.79 Å². The second kappa shape index (κ2) is 7.14. The lowest BCUT2D eigenvalue weighted by Crippen LogP contribution is -2.37. The van der Waals surface area contributed by atoms with Crippen molar-refractivity contribution in [3.05, 3.63) is 39.8 Å². The minimum Gasteiger partial charge on any atom is -0.443 e. The molecule has 0 unspecified atom stereocenters. The van der Waals surface area contributed by atoms with E-state index in [9.17, 15) is 4.79 Å². The van der Waals surface area contributed by atoms with Crippen LogP contribution in [0.15, 0.2) is 34.3 Å². The summed E-state index contributed by atoms with van der Waals surface area (Å²) in [4.78, 5) is 13.9. The van der Waals surface area contributed by atoms with E-state index < -0.39 is 11.7 Å². The third-order valence-corrected chi connectivity index (χ3v) is 3.66. The highest BCUT2D eigenvalue weighted by Gasteiger charge is 2.24. The van der Waals surface area contributed by atoms with E-state index in [2.05, 4.69) is 15.9 Å². The number of halogens is 2. The highest BCUT2D eigenvalue weighted by molar-refractivity contribution is 9.10. The van der Waals surface area contributed by atoms with Crippen LogP contribution < -0.4 is 4.90 Å². The van der Waals surface area contributed by atoms with Gasteiger partial charge in [0.2, 0.25) is 0 Å². The number of rotatable bonds is 3. The summed E-state index contributed by atoms with van der Waals surface area (Å²) < 4.78 is 6.30. The number of anilines is 1.